The number of thiazole rings is 1. The normalized spacial score (nSPS) is 11.0. The number of aromatic nitrogens is 3. The summed E-state index contributed by atoms with van der Waals surface area (Å²) in [5.74, 6) is 0.757. The van der Waals surface area contributed by atoms with Gasteiger partial charge in [0.25, 0.3) is 0 Å². The zero-order valence-electron chi connectivity index (χ0n) is 14.1. The first-order valence-corrected chi connectivity index (χ1v) is 8.51. The SMILES string of the molecule is CN=C(NCc1cccc(-n2cccn2)c1)NCc1ncc(C)s1.I. The third kappa shape index (κ3) is 5.53. The maximum absolute atomic E-state index is 4.34. The summed E-state index contributed by atoms with van der Waals surface area (Å²) in [5.41, 5.74) is 2.21. The summed E-state index contributed by atoms with van der Waals surface area (Å²) in [4.78, 5) is 9.81. The van der Waals surface area contributed by atoms with Crippen LogP contribution in [0.1, 0.15) is 15.4 Å². The highest BCUT2D eigenvalue weighted by molar-refractivity contribution is 14.0. The Hall–Kier alpha value is -1.94. The lowest BCUT2D eigenvalue weighted by atomic mass is 10.2. The van der Waals surface area contributed by atoms with Gasteiger partial charge in [0.2, 0.25) is 0 Å². The number of hydrogen-bond acceptors (Lipinski definition) is 4. The number of halogens is 1. The van der Waals surface area contributed by atoms with E-state index >= 15 is 0 Å². The Balaban J connectivity index is 0.00000225. The first-order chi connectivity index (χ1) is 11.7. The molecule has 0 bridgehead atoms. The van der Waals surface area contributed by atoms with Gasteiger partial charge in [0, 0.05) is 37.1 Å². The van der Waals surface area contributed by atoms with Crippen molar-refractivity contribution >= 4 is 41.3 Å². The number of nitrogens with one attached hydrogen (secondary N) is 2. The minimum atomic E-state index is 0. The van der Waals surface area contributed by atoms with Crippen molar-refractivity contribution < 1.29 is 0 Å². The molecule has 0 amide bonds. The maximum atomic E-state index is 4.34. The van der Waals surface area contributed by atoms with E-state index in [0.29, 0.717) is 13.1 Å². The van der Waals surface area contributed by atoms with Gasteiger partial charge in [0.1, 0.15) is 5.01 Å². The van der Waals surface area contributed by atoms with Crippen LogP contribution in [0, 0.1) is 6.92 Å². The Morgan fingerprint density at radius 1 is 1.24 bits per heavy atom. The Kier molecular flexibility index (Phi) is 7.38. The van der Waals surface area contributed by atoms with E-state index < -0.39 is 0 Å². The molecule has 0 saturated heterocycles. The molecule has 132 valence electrons. The van der Waals surface area contributed by atoms with Crippen LogP contribution in [0.5, 0.6) is 0 Å². The van der Waals surface area contributed by atoms with Gasteiger partial charge in [-0.15, -0.1) is 35.3 Å². The monoisotopic (exact) mass is 468 g/mol. The van der Waals surface area contributed by atoms with E-state index in [1.54, 1.807) is 24.6 Å². The molecule has 0 aliphatic rings. The Morgan fingerprint density at radius 3 is 2.76 bits per heavy atom. The molecule has 0 fully saturated rings. The molecule has 0 radical (unpaired) electrons. The average molecular weight is 468 g/mol. The van der Waals surface area contributed by atoms with Gasteiger partial charge in [-0.05, 0) is 30.7 Å². The largest absolute Gasteiger partial charge is 0.352 e. The van der Waals surface area contributed by atoms with Crippen molar-refractivity contribution in [3.8, 4) is 5.69 Å². The molecule has 2 heterocycles. The van der Waals surface area contributed by atoms with Gasteiger partial charge >= 0.3 is 0 Å². The predicted octanol–water partition coefficient (Wildman–Crippen LogP) is 3.12. The second-order valence-corrected chi connectivity index (χ2v) is 6.58. The lowest BCUT2D eigenvalue weighted by molar-refractivity contribution is 0.802. The Labute approximate surface area is 168 Å². The molecule has 0 spiro atoms. The van der Waals surface area contributed by atoms with Crippen molar-refractivity contribution in [3.63, 3.8) is 0 Å². The molecule has 25 heavy (non-hydrogen) atoms. The van der Waals surface area contributed by atoms with Crippen molar-refractivity contribution in [1.29, 1.82) is 0 Å². The number of rotatable bonds is 5. The maximum Gasteiger partial charge on any atom is 0.191 e. The van der Waals surface area contributed by atoms with Gasteiger partial charge in [-0.1, -0.05) is 12.1 Å². The number of hydrogen-bond donors (Lipinski definition) is 2. The summed E-state index contributed by atoms with van der Waals surface area (Å²) in [6, 6.07) is 10.2. The summed E-state index contributed by atoms with van der Waals surface area (Å²) in [6.07, 6.45) is 5.60. The van der Waals surface area contributed by atoms with Crippen LogP contribution in [0.15, 0.2) is 53.9 Å². The minimum Gasteiger partial charge on any atom is -0.352 e. The molecule has 0 aliphatic carbocycles. The Morgan fingerprint density at radius 2 is 2.08 bits per heavy atom. The molecule has 2 N–H and O–H groups in total. The molecular weight excluding hydrogens is 447 g/mol. The first kappa shape index (κ1) is 19.4. The summed E-state index contributed by atoms with van der Waals surface area (Å²) in [5, 5.41) is 11.9. The van der Waals surface area contributed by atoms with Gasteiger partial charge in [-0.2, -0.15) is 5.10 Å². The molecule has 8 heteroatoms. The molecule has 0 aliphatic heterocycles. The number of aryl methyl sites for hydroxylation is 1. The third-order valence-electron chi connectivity index (χ3n) is 3.44. The number of nitrogens with zero attached hydrogens (tertiary/aromatic N) is 4. The quantitative estimate of drug-likeness (QED) is 0.343. The average Bonchev–Trinajstić information content (AvgIpc) is 3.27. The zero-order chi connectivity index (χ0) is 16.8. The van der Waals surface area contributed by atoms with Crippen LogP contribution in [0.2, 0.25) is 0 Å². The summed E-state index contributed by atoms with van der Waals surface area (Å²) >= 11 is 1.69. The zero-order valence-corrected chi connectivity index (χ0v) is 17.3. The van der Waals surface area contributed by atoms with Gasteiger partial charge in [0.05, 0.1) is 12.2 Å². The van der Waals surface area contributed by atoms with E-state index in [-0.39, 0.29) is 24.0 Å². The lowest BCUT2D eigenvalue weighted by Crippen LogP contribution is -2.36. The smallest absolute Gasteiger partial charge is 0.191 e. The topological polar surface area (TPSA) is 67.1 Å². The van der Waals surface area contributed by atoms with Crippen molar-refractivity contribution in [2.75, 3.05) is 7.05 Å². The Bertz CT molecular complexity index is 812. The highest BCUT2D eigenvalue weighted by atomic mass is 127. The second kappa shape index (κ2) is 9.52. The molecule has 0 saturated carbocycles. The standard InChI is InChI=1S/C17H20N6S.HI/c1-13-10-19-16(24-13)12-21-17(18-2)20-11-14-5-3-6-15(9-14)23-8-4-7-22-23;/h3-10H,11-12H2,1-2H3,(H2,18,20,21);1H. The van der Waals surface area contributed by atoms with E-state index in [4.69, 9.17) is 0 Å². The van der Waals surface area contributed by atoms with E-state index in [9.17, 15) is 0 Å². The molecule has 6 nitrogen and oxygen atoms in total. The van der Waals surface area contributed by atoms with E-state index in [1.165, 1.54) is 4.88 Å². The van der Waals surface area contributed by atoms with Gasteiger partial charge in [0.15, 0.2) is 5.96 Å². The van der Waals surface area contributed by atoms with Gasteiger partial charge < -0.3 is 10.6 Å². The van der Waals surface area contributed by atoms with Gasteiger partial charge in [-0.3, -0.25) is 4.99 Å². The van der Waals surface area contributed by atoms with Crippen molar-refractivity contribution in [3.05, 3.63) is 64.4 Å². The molecule has 3 rings (SSSR count). The van der Waals surface area contributed by atoms with E-state index in [0.717, 1.165) is 22.2 Å². The molecule has 3 aromatic rings. The third-order valence-corrected chi connectivity index (χ3v) is 4.35. The van der Waals surface area contributed by atoms with Crippen LogP contribution in [0.3, 0.4) is 0 Å². The molecule has 0 atom stereocenters. The van der Waals surface area contributed by atoms with Crippen LogP contribution in [0.4, 0.5) is 0 Å². The van der Waals surface area contributed by atoms with Crippen molar-refractivity contribution in [2.45, 2.75) is 20.0 Å². The highest BCUT2D eigenvalue weighted by Gasteiger charge is 2.03. The summed E-state index contributed by atoms with van der Waals surface area (Å²) in [6.45, 7) is 3.41. The van der Waals surface area contributed by atoms with E-state index in [1.807, 2.05) is 35.3 Å². The lowest BCUT2D eigenvalue weighted by Gasteiger charge is -2.11. The fourth-order valence-electron chi connectivity index (χ4n) is 2.28. The van der Waals surface area contributed by atoms with Crippen LogP contribution < -0.4 is 10.6 Å². The predicted molar refractivity (Wildman–Crippen MR) is 113 cm³/mol. The van der Waals surface area contributed by atoms with Crippen LogP contribution in [-0.2, 0) is 13.1 Å². The van der Waals surface area contributed by atoms with Crippen molar-refractivity contribution in [2.24, 2.45) is 4.99 Å². The molecule has 1 aromatic carbocycles. The summed E-state index contributed by atoms with van der Waals surface area (Å²) in [7, 11) is 1.77. The number of guanidine groups is 1. The summed E-state index contributed by atoms with van der Waals surface area (Å²) < 4.78 is 1.85. The van der Waals surface area contributed by atoms with Gasteiger partial charge in [-0.25, -0.2) is 9.67 Å². The van der Waals surface area contributed by atoms with Crippen LogP contribution in [0.25, 0.3) is 5.69 Å². The molecule has 0 unspecified atom stereocenters. The highest BCUT2D eigenvalue weighted by Crippen LogP contribution is 2.11. The van der Waals surface area contributed by atoms with E-state index in [2.05, 4.69) is 44.8 Å². The van der Waals surface area contributed by atoms with Crippen LogP contribution in [-0.4, -0.2) is 27.8 Å². The minimum absolute atomic E-state index is 0. The fraction of sp³-hybridized carbons (Fsp3) is 0.235. The molecular formula is C17H21IN6S. The number of benzene rings is 1. The number of aliphatic imine (C=N–C) groups is 1. The van der Waals surface area contributed by atoms with Crippen molar-refractivity contribution in [1.82, 2.24) is 25.4 Å². The molecule has 2 aromatic heterocycles. The second-order valence-electron chi connectivity index (χ2n) is 5.26. The fourth-order valence-corrected chi connectivity index (χ4v) is 3.01. The first-order valence-electron chi connectivity index (χ1n) is 7.69. The van der Waals surface area contributed by atoms with Crippen LogP contribution >= 0.6 is 35.3 Å².